The highest BCUT2D eigenvalue weighted by Gasteiger charge is 2.30. The molecule has 0 saturated heterocycles. The van der Waals surface area contributed by atoms with Gasteiger partial charge in [-0.3, -0.25) is 4.98 Å². The van der Waals surface area contributed by atoms with Gasteiger partial charge in [-0.2, -0.15) is 0 Å². The molecule has 1 heterocycles. The van der Waals surface area contributed by atoms with E-state index < -0.39 is 6.10 Å². The summed E-state index contributed by atoms with van der Waals surface area (Å²) >= 11 is 3.34. The van der Waals surface area contributed by atoms with Crippen molar-refractivity contribution < 1.29 is 5.11 Å². The fraction of sp³-hybridized carbons (Fsp3) is 0.583. The lowest BCUT2D eigenvalue weighted by molar-refractivity contribution is 0.0177. The maximum Gasteiger partial charge on any atom is 0.0773 e. The highest BCUT2D eigenvalue weighted by Crippen LogP contribution is 2.19. The number of aliphatic hydroxyl groups is 1. The highest BCUT2D eigenvalue weighted by atomic mass is 79.9. The van der Waals surface area contributed by atoms with Crippen LogP contribution in [0.1, 0.15) is 19.5 Å². The van der Waals surface area contributed by atoms with Gasteiger partial charge < -0.3 is 10.0 Å². The lowest BCUT2D eigenvalue weighted by Gasteiger charge is -2.37. The van der Waals surface area contributed by atoms with Crippen LogP contribution >= 0.6 is 15.9 Å². The van der Waals surface area contributed by atoms with Crippen molar-refractivity contribution >= 4 is 15.9 Å². The van der Waals surface area contributed by atoms with Crippen LogP contribution in [0.15, 0.2) is 22.8 Å². The van der Waals surface area contributed by atoms with Crippen molar-refractivity contribution in [2.45, 2.75) is 31.9 Å². The average Bonchev–Trinajstić information content (AvgIpc) is 2.21. The lowest BCUT2D eigenvalue weighted by atomic mass is 9.92. The molecular weight excluding hydrogens is 268 g/mol. The zero-order valence-electron chi connectivity index (χ0n) is 10.2. The molecule has 3 nitrogen and oxygen atoms in total. The summed E-state index contributed by atoms with van der Waals surface area (Å²) in [5.74, 6) is 0. The largest absolute Gasteiger partial charge is 0.391 e. The molecule has 0 spiro atoms. The van der Waals surface area contributed by atoms with E-state index in [0.717, 1.165) is 10.2 Å². The van der Waals surface area contributed by atoms with E-state index in [1.54, 1.807) is 6.20 Å². The smallest absolute Gasteiger partial charge is 0.0773 e. The van der Waals surface area contributed by atoms with E-state index >= 15 is 0 Å². The summed E-state index contributed by atoms with van der Waals surface area (Å²) in [6.07, 6.45) is 1.89. The Kier molecular flexibility index (Phi) is 4.47. The van der Waals surface area contributed by atoms with Gasteiger partial charge >= 0.3 is 0 Å². The van der Waals surface area contributed by atoms with E-state index in [0.29, 0.717) is 6.42 Å². The minimum Gasteiger partial charge on any atom is -0.391 e. The van der Waals surface area contributed by atoms with Crippen LogP contribution in [-0.4, -0.2) is 40.7 Å². The molecule has 0 amide bonds. The molecule has 16 heavy (non-hydrogen) atoms. The Morgan fingerprint density at radius 3 is 2.50 bits per heavy atom. The first-order chi connectivity index (χ1) is 7.34. The van der Waals surface area contributed by atoms with Crippen molar-refractivity contribution in [2.24, 2.45) is 0 Å². The zero-order chi connectivity index (χ0) is 12.3. The van der Waals surface area contributed by atoms with Crippen LogP contribution in [0.25, 0.3) is 0 Å². The van der Waals surface area contributed by atoms with Crippen LogP contribution in [0.2, 0.25) is 0 Å². The topological polar surface area (TPSA) is 36.4 Å². The number of rotatable bonds is 4. The summed E-state index contributed by atoms with van der Waals surface area (Å²) < 4.78 is 0.956. The molecular formula is C12H19BrN2O. The molecule has 1 rings (SSSR count). The Labute approximate surface area is 106 Å². The minimum atomic E-state index is -0.434. The Hall–Kier alpha value is -0.450. The SMILES string of the molecule is CN(C)C(C)(C)C(O)Cc1ccc(Br)cn1. The summed E-state index contributed by atoms with van der Waals surface area (Å²) in [6.45, 7) is 4.05. The van der Waals surface area contributed by atoms with Gasteiger partial charge in [-0.05, 0) is 56.0 Å². The fourth-order valence-electron chi connectivity index (χ4n) is 1.27. The van der Waals surface area contributed by atoms with Gasteiger partial charge in [0, 0.05) is 28.3 Å². The molecule has 1 atom stereocenters. The fourth-order valence-corrected chi connectivity index (χ4v) is 1.51. The van der Waals surface area contributed by atoms with Gasteiger partial charge in [0.25, 0.3) is 0 Å². The highest BCUT2D eigenvalue weighted by molar-refractivity contribution is 9.10. The normalized spacial score (nSPS) is 14.2. The number of halogens is 1. The van der Waals surface area contributed by atoms with Gasteiger partial charge in [0.2, 0.25) is 0 Å². The Balaban J connectivity index is 2.71. The number of nitrogens with zero attached hydrogens (tertiary/aromatic N) is 2. The molecule has 0 aromatic carbocycles. The van der Waals surface area contributed by atoms with E-state index in [9.17, 15) is 5.11 Å². The van der Waals surface area contributed by atoms with Gasteiger partial charge in [0.05, 0.1) is 6.10 Å². The Morgan fingerprint density at radius 2 is 2.06 bits per heavy atom. The van der Waals surface area contributed by atoms with Crippen LogP contribution in [-0.2, 0) is 6.42 Å². The van der Waals surface area contributed by atoms with Gasteiger partial charge in [-0.15, -0.1) is 0 Å². The van der Waals surface area contributed by atoms with Gasteiger partial charge in [-0.25, -0.2) is 0 Å². The summed E-state index contributed by atoms with van der Waals surface area (Å²) in [7, 11) is 3.94. The van der Waals surface area contributed by atoms with Gasteiger partial charge in [0.1, 0.15) is 0 Å². The van der Waals surface area contributed by atoms with E-state index in [1.807, 2.05) is 45.0 Å². The first-order valence-corrected chi connectivity index (χ1v) is 6.09. The standard InChI is InChI=1S/C12H19BrN2O/c1-12(2,15(3)4)11(16)7-10-6-5-9(13)8-14-10/h5-6,8,11,16H,7H2,1-4H3. The minimum absolute atomic E-state index is 0.255. The van der Waals surface area contributed by atoms with E-state index in [4.69, 9.17) is 0 Å². The molecule has 1 N–H and O–H groups in total. The molecule has 0 radical (unpaired) electrons. The summed E-state index contributed by atoms with van der Waals surface area (Å²) in [5.41, 5.74) is 0.653. The third-order valence-corrected chi connectivity index (χ3v) is 3.63. The number of likely N-dealkylation sites (N-methyl/N-ethyl adjacent to an activating group) is 1. The zero-order valence-corrected chi connectivity index (χ0v) is 11.8. The number of hydrogen-bond donors (Lipinski definition) is 1. The second-order valence-corrected chi connectivity index (χ2v) is 5.65. The maximum atomic E-state index is 10.2. The molecule has 0 fully saturated rings. The van der Waals surface area contributed by atoms with Crippen molar-refractivity contribution in [3.8, 4) is 0 Å². The Bertz CT molecular complexity index is 335. The third kappa shape index (κ3) is 3.27. The number of aliphatic hydroxyl groups excluding tert-OH is 1. The summed E-state index contributed by atoms with van der Waals surface area (Å²) in [4.78, 5) is 6.29. The van der Waals surface area contributed by atoms with Crippen LogP contribution < -0.4 is 0 Å². The molecule has 1 aromatic heterocycles. The average molecular weight is 287 g/mol. The number of pyridine rings is 1. The molecule has 90 valence electrons. The first-order valence-electron chi connectivity index (χ1n) is 5.30. The quantitative estimate of drug-likeness (QED) is 0.921. The maximum absolute atomic E-state index is 10.2. The number of hydrogen-bond acceptors (Lipinski definition) is 3. The summed E-state index contributed by atoms with van der Waals surface area (Å²) in [5, 5.41) is 10.2. The number of aromatic nitrogens is 1. The predicted octanol–water partition coefficient (Wildman–Crippen LogP) is 2.09. The second-order valence-electron chi connectivity index (χ2n) is 4.74. The van der Waals surface area contributed by atoms with Crippen molar-refractivity contribution in [1.29, 1.82) is 0 Å². The van der Waals surface area contributed by atoms with Crippen LogP contribution in [0, 0.1) is 0 Å². The van der Waals surface area contributed by atoms with Crippen molar-refractivity contribution in [2.75, 3.05) is 14.1 Å². The molecule has 0 aliphatic heterocycles. The van der Waals surface area contributed by atoms with Crippen LogP contribution in [0.4, 0.5) is 0 Å². The lowest BCUT2D eigenvalue weighted by Crippen LogP contribution is -2.49. The predicted molar refractivity (Wildman–Crippen MR) is 69.4 cm³/mol. The molecule has 0 saturated carbocycles. The van der Waals surface area contributed by atoms with Crippen molar-refractivity contribution in [3.63, 3.8) is 0 Å². The Morgan fingerprint density at radius 1 is 1.44 bits per heavy atom. The second kappa shape index (κ2) is 5.25. The molecule has 1 aromatic rings. The van der Waals surface area contributed by atoms with E-state index in [2.05, 4.69) is 20.9 Å². The van der Waals surface area contributed by atoms with Gasteiger partial charge in [0.15, 0.2) is 0 Å². The molecule has 1 unspecified atom stereocenters. The van der Waals surface area contributed by atoms with Crippen molar-refractivity contribution in [3.05, 3.63) is 28.5 Å². The molecule has 0 bridgehead atoms. The summed E-state index contributed by atoms with van der Waals surface area (Å²) in [6, 6.07) is 3.87. The van der Waals surface area contributed by atoms with E-state index in [-0.39, 0.29) is 5.54 Å². The molecule has 0 aliphatic rings. The van der Waals surface area contributed by atoms with Crippen molar-refractivity contribution in [1.82, 2.24) is 9.88 Å². The monoisotopic (exact) mass is 286 g/mol. The van der Waals surface area contributed by atoms with Crippen LogP contribution in [0.3, 0.4) is 0 Å². The first kappa shape index (κ1) is 13.6. The molecule has 0 aliphatic carbocycles. The molecule has 4 heteroatoms. The third-order valence-electron chi connectivity index (χ3n) is 3.16. The van der Waals surface area contributed by atoms with Gasteiger partial charge in [-0.1, -0.05) is 0 Å². The van der Waals surface area contributed by atoms with E-state index in [1.165, 1.54) is 0 Å². The van der Waals surface area contributed by atoms with Crippen LogP contribution in [0.5, 0.6) is 0 Å².